The second-order valence-electron chi connectivity index (χ2n) is 6.05. The highest BCUT2D eigenvalue weighted by atomic mass is 16.3. The molecule has 0 atom stereocenters. The summed E-state index contributed by atoms with van der Waals surface area (Å²) >= 11 is 0. The monoisotopic (exact) mass is 385 g/mol. The molecule has 3 rings (SSSR count). The summed E-state index contributed by atoms with van der Waals surface area (Å²) in [4.78, 5) is 25.1. The Morgan fingerprint density at radius 3 is 2.14 bits per heavy atom. The molecule has 29 heavy (non-hydrogen) atoms. The minimum atomic E-state index is -0.593. The van der Waals surface area contributed by atoms with Crippen LogP contribution in [0.15, 0.2) is 95.7 Å². The topological polar surface area (TPSA) is 90.8 Å². The Morgan fingerprint density at radius 1 is 0.828 bits per heavy atom. The number of hydrazone groups is 1. The number of aromatic hydroxyl groups is 1. The SMILES string of the molecule is O=C(NN=Cc1ccccc1O)C(=Cc1ccccc1)NC(=O)c1ccccc1. The Labute approximate surface area is 168 Å². The van der Waals surface area contributed by atoms with Crippen molar-refractivity contribution in [2.24, 2.45) is 5.10 Å². The van der Waals surface area contributed by atoms with Gasteiger partial charge < -0.3 is 10.4 Å². The zero-order chi connectivity index (χ0) is 20.5. The molecule has 3 aromatic carbocycles. The lowest BCUT2D eigenvalue weighted by molar-refractivity contribution is -0.117. The second kappa shape index (κ2) is 9.66. The van der Waals surface area contributed by atoms with E-state index in [0.717, 1.165) is 5.56 Å². The number of carbonyl (C=O) groups excluding carboxylic acids is 2. The third-order valence-electron chi connectivity index (χ3n) is 3.95. The van der Waals surface area contributed by atoms with E-state index in [0.29, 0.717) is 11.1 Å². The molecule has 0 radical (unpaired) electrons. The van der Waals surface area contributed by atoms with Crippen LogP contribution in [-0.4, -0.2) is 23.1 Å². The standard InChI is InChI=1S/C23H19N3O3/c27-21-14-8-7-13-19(21)16-24-26-23(29)20(15-17-9-3-1-4-10-17)25-22(28)18-11-5-2-6-12-18/h1-16,27H,(H,25,28)(H,26,29). The Morgan fingerprint density at radius 2 is 1.45 bits per heavy atom. The normalized spacial score (nSPS) is 11.2. The fourth-order valence-corrected chi connectivity index (χ4v) is 2.48. The Hall–Kier alpha value is -4.19. The highest BCUT2D eigenvalue weighted by molar-refractivity contribution is 6.05. The predicted octanol–water partition coefficient (Wildman–Crippen LogP) is 3.31. The lowest BCUT2D eigenvalue weighted by Crippen LogP contribution is -2.32. The molecular weight excluding hydrogens is 366 g/mol. The van der Waals surface area contributed by atoms with Crippen LogP contribution in [0.1, 0.15) is 21.5 Å². The van der Waals surface area contributed by atoms with E-state index in [-0.39, 0.29) is 11.4 Å². The van der Waals surface area contributed by atoms with Crippen molar-refractivity contribution in [3.8, 4) is 5.75 Å². The quantitative estimate of drug-likeness (QED) is 0.345. The number of hydrogen-bond acceptors (Lipinski definition) is 4. The first kappa shape index (κ1) is 19.6. The van der Waals surface area contributed by atoms with Gasteiger partial charge in [-0.1, -0.05) is 60.7 Å². The molecule has 3 aromatic rings. The van der Waals surface area contributed by atoms with Gasteiger partial charge in [0.2, 0.25) is 0 Å². The zero-order valence-corrected chi connectivity index (χ0v) is 15.4. The fourth-order valence-electron chi connectivity index (χ4n) is 2.48. The largest absolute Gasteiger partial charge is 0.507 e. The van der Waals surface area contributed by atoms with E-state index >= 15 is 0 Å². The van der Waals surface area contributed by atoms with Crippen molar-refractivity contribution >= 4 is 24.1 Å². The van der Waals surface area contributed by atoms with Crippen LogP contribution >= 0.6 is 0 Å². The van der Waals surface area contributed by atoms with Crippen LogP contribution in [0.3, 0.4) is 0 Å². The fraction of sp³-hybridized carbons (Fsp3) is 0. The molecule has 0 aliphatic rings. The van der Waals surface area contributed by atoms with E-state index in [4.69, 9.17) is 0 Å². The summed E-state index contributed by atoms with van der Waals surface area (Å²) in [5.74, 6) is -0.958. The lowest BCUT2D eigenvalue weighted by atomic mass is 10.1. The molecule has 0 spiro atoms. The first-order valence-electron chi connectivity index (χ1n) is 8.88. The van der Waals surface area contributed by atoms with E-state index < -0.39 is 11.8 Å². The van der Waals surface area contributed by atoms with Gasteiger partial charge in [0.1, 0.15) is 11.4 Å². The van der Waals surface area contributed by atoms with Crippen LogP contribution in [0.4, 0.5) is 0 Å². The number of nitrogens with zero attached hydrogens (tertiary/aromatic N) is 1. The number of hydrogen-bond donors (Lipinski definition) is 3. The minimum Gasteiger partial charge on any atom is -0.507 e. The molecule has 0 bridgehead atoms. The zero-order valence-electron chi connectivity index (χ0n) is 15.4. The summed E-state index contributed by atoms with van der Waals surface area (Å²) < 4.78 is 0. The lowest BCUT2D eigenvalue weighted by Gasteiger charge is -2.09. The molecule has 6 heteroatoms. The van der Waals surface area contributed by atoms with Crippen molar-refractivity contribution in [3.63, 3.8) is 0 Å². The minimum absolute atomic E-state index is 0.0412. The molecule has 0 aliphatic carbocycles. The average Bonchev–Trinajstić information content (AvgIpc) is 2.76. The molecule has 3 N–H and O–H groups in total. The van der Waals surface area contributed by atoms with Gasteiger partial charge in [-0.3, -0.25) is 9.59 Å². The number of benzene rings is 3. The van der Waals surface area contributed by atoms with Crippen molar-refractivity contribution in [2.45, 2.75) is 0 Å². The molecule has 0 saturated heterocycles. The van der Waals surface area contributed by atoms with E-state index in [1.807, 2.05) is 30.3 Å². The van der Waals surface area contributed by atoms with Gasteiger partial charge >= 0.3 is 0 Å². The number of carbonyl (C=O) groups is 2. The second-order valence-corrected chi connectivity index (χ2v) is 6.05. The average molecular weight is 385 g/mol. The molecule has 0 aliphatic heterocycles. The van der Waals surface area contributed by atoms with E-state index in [9.17, 15) is 14.7 Å². The highest BCUT2D eigenvalue weighted by Crippen LogP contribution is 2.12. The van der Waals surface area contributed by atoms with Crippen LogP contribution < -0.4 is 10.7 Å². The van der Waals surface area contributed by atoms with Crippen LogP contribution in [0, 0.1) is 0 Å². The van der Waals surface area contributed by atoms with Crippen LogP contribution in [-0.2, 0) is 4.79 Å². The van der Waals surface area contributed by atoms with Crippen LogP contribution in [0.25, 0.3) is 6.08 Å². The van der Waals surface area contributed by atoms with Gasteiger partial charge in [-0.05, 0) is 35.9 Å². The van der Waals surface area contributed by atoms with E-state index in [2.05, 4.69) is 15.8 Å². The summed E-state index contributed by atoms with van der Waals surface area (Å²) in [6.07, 6.45) is 2.89. The van der Waals surface area contributed by atoms with Gasteiger partial charge in [-0.25, -0.2) is 5.43 Å². The number of rotatable bonds is 6. The summed E-state index contributed by atoms with van der Waals surface area (Å²) in [6.45, 7) is 0. The third-order valence-corrected chi connectivity index (χ3v) is 3.95. The summed E-state index contributed by atoms with van der Waals surface area (Å²) in [7, 11) is 0. The molecule has 0 heterocycles. The smallest absolute Gasteiger partial charge is 0.287 e. The number of amides is 2. The molecule has 144 valence electrons. The van der Waals surface area contributed by atoms with Crippen molar-refractivity contribution in [3.05, 3.63) is 107 Å². The highest BCUT2D eigenvalue weighted by Gasteiger charge is 2.14. The maximum Gasteiger partial charge on any atom is 0.287 e. The third kappa shape index (κ3) is 5.64. The number of phenolic OH excluding ortho intramolecular Hbond substituents is 1. The summed E-state index contributed by atoms with van der Waals surface area (Å²) in [6, 6.07) is 24.3. The van der Waals surface area contributed by atoms with Crippen molar-refractivity contribution in [1.29, 1.82) is 0 Å². The molecule has 0 aromatic heterocycles. The first-order valence-corrected chi connectivity index (χ1v) is 8.88. The number of para-hydroxylation sites is 1. The number of phenols is 1. The van der Waals surface area contributed by atoms with Gasteiger partial charge in [0.15, 0.2) is 0 Å². The summed E-state index contributed by atoms with van der Waals surface area (Å²) in [5, 5.41) is 16.2. The molecule has 6 nitrogen and oxygen atoms in total. The predicted molar refractivity (Wildman–Crippen MR) is 112 cm³/mol. The number of nitrogens with one attached hydrogen (secondary N) is 2. The van der Waals surface area contributed by atoms with Gasteiger partial charge in [0.05, 0.1) is 6.21 Å². The molecule has 0 saturated carbocycles. The van der Waals surface area contributed by atoms with Gasteiger partial charge in [-0.2, -0.15) is 5.10 Å². The van der Waals surface area contributed by atoms with E-state index in [1.165, 1.54) is 12.3 Å². The maximum absolute atomic E-state index is 12.6. The maximum atomic E-state index is 12.6. The van der Waals surface area contributed by atoms with Gasteiger partial charge in [-0.15, -0.1) is 0 Å². The first-order chi connectivity index (χ1) is 14.1. The van der Waals surface area contributed by atoms with Gasteiger partial charge in [0, 0.05) is 11.1 Å². The molecular formula is C23H19N3O3. The van der Waals surface area contributed by atoms with Crippen molar-refractivity contribution in [1.82, 2.24) is 10.7 Å². The Kier molecular flexibility index (Phi) is 6.52. The molecule has 2 amide bonds. The van der Waals surface area contributed by atoms with Gasteiger partial charge in [0.25, 0.3) is 11.8 Å². The Bertz CT molecular complexity index is 1050. The van der Waals surface area contributed by atoms with Crippen LogP contribution in [0.2, 0.25) is 0 Å². The van der Waals surface area contributed by atoms with Crippen LogP contribution in [0.5, 0.6) is 5.75 Å². The Balaban J connectivity index is 1.79. The summed E-state index contributed by atoms with van der Waals surface area (Å²) in [5.41, 5.74) is 4.04. The molecule has 0 unspecified atom stereocenters. The van der Waals surface area contributed by atoms with Crippen molar-refractivity contribution < 1.29 is 14.7 Å². The molecule has 0 fully saturated rings. The van der Waals surface area contributed by atoms with E-state index in [1.54, 1.807) is 54.6 Å². The van der Waals surface area contributed by atoms with Crippen molar-refractivity contribution in [2.75, 3.05) is 0 Å².